The molecule has 2 amide bonds. The fourth-order valence-corrected chi connectivity index (χ4v) is 6.22. The van der Waals surface area contributed by atoms with Gasteiger partial charge in [0.1, 0.15) is 0 Å². The number of hydrogen-bond acceptors (Lipinski definition) is 4. The number of imide groups is 1. The standard InChI is InChI=1S/C24H22ClN3O4S/c25-19-6-9-21(10-7-19)33(31,32)27-13-11-26(12-14-27)22-16-23(29)28(24(22)30)20-8-5-17-3-1-2-4-18(17)15-20/h1-10,15,22H,11-14,16H2/p+1/t22-/m0/s1. The second-order valence-corrected chi connectivity index (χ2v) is 10.7. The summed E-state index contributed by atoms with van der Waals surface area (Å²) in [7, 11) is -3.63. The number of rotatable bonds is 4. The van der Waals surface area contributed by atoms with Crippen LogP contribution in [0.1, 0.15) is 6.42 Å². The van der Waals surface area contributed by atoms with Gasteiger partial charge < -0.3 is 4.90 Å². The number of nitrogens with one attached hydrogen (secondary N) is 1. The topological polar surface area (TPSA) is 79.2 Å². The smallest absolute Gasteiger partial charge is 0.292 e. The molecule has 0 aromatic heterocycles. The first-order valence-electron chi connectivity index (χ1n) is 10.8. The third-order valence-corrected chi connectivity index (χ3v) is 8.61. The van der Waals surface area contributed by atoms with E-state index in [1.54, 1.807) is 18.2 Å². The van der Waals surface area contributed by atoms with Crippen LogP contribution in [0, 0.1) is 0 Å². The van der Waals surface area contributed by atoms with Gasteiger partial charge in [-0.15, -0.1) is 0 Å². The molecule has 2 fully saturated rings. The Labute approximate surface area is 197 Å². The molecule has 2 heterocycles. The van der Waals surface area contributed by atoms with Crippen molar-refractivity contribution in [2.75, 3.05) is 31.1 Å². The lowest BCUT2D eigenvalue weighted by Gasteiger charge is -2.33. The Morgan fingerprint density at radius 1 is 0.879 bits per heavy atom. The van der Waals surface area contributed by atoms with Crippen LogP contribution in [0.5, 0.6) is 0 Å². The van der Waals surface area contributed by atoms with Gasteiger partial charge in [0.25, 0.3) is 5.91 Å². The molecule has 7 nitrogen and oxygen atoms in total. The van der Waals surface area contributed by atoms with Crippen molar-refractivity contribution in [1.82, 2.24) is 4.31 Å². The Bertz CT molecular complexity index is 1340. The van der Waals surface area contributed by atoms with Crippen LogP contribution in [0.25, 0.3) is 10.8 Å². The number of amides is 2. The third kappa shape index (κ3) is 4.04. The highest BCUT2D eigenvalue weighted by atomic mass is 35.5. The maximum Gasteiger partial charge on any atom is 0.292 e. The van der Waals surface area contributed by atoms with Gasteiger partial charge >= 0.3 is 0 Å². The molecule has 9 heteroatoms. The lowest BCUT2D eigenvalue weighted by Crippen LogP contribution is -3.19. The maximum atomic E-state index is 13.2. The number of fused-ring (bicyclic) bond motifs is 1. The molecule has 2 saturated heterocycles. The van der Waals surface area contributed by atoms with E-state index in [0.717, 1.165) is 15.7 Å². The van der Waals surface area contributed by atoms with Crippen molar-refractivity contribution in [3.63, 3.8) is 0 Å². The monoisotopic (exact) mass is 484 g/mol. The van der Waals surface area contributed by atoms with Crippen LogP contribution in [0.3, 0.4) is 0 Å². The zero-order valence-corrected chi connectivity index (χ0v) is 19.3. The molecule has 0 aliphatic carbocycles. The number of anilines is 1. The van der Waals surface area contributed by atoms with Crippen molar-refractivity contribution in [2.24, 2.45) is 0 Å². The summed E-state index contributed by atoms with van der Waals surface area (Å²) in [5.41, 5.74) is 0.578. The van der Waals surface area contributed by atoms with Crippen molar-refractivity contribution in [2.45, 2.75) is 17.4 Å². The van der Waals surface area contributed by atoms with Gasteiger partial charge in [-0.2, -0.15) is 4.31 Å². The summed E-state index contributed by atoms with van der Waals surface area (Å²) >= 11 is 5.87. The summed E-state index contributed by atoms with van der Waals surface area (Å²) in [6.45, 7) is 1.49. The van der Waals surface area contributed by atoms with Crippen molar-refractivity contribution >= 4 is 49.9 Å². The first-order valence-corrected chi connectivity index (χ1v) is 12.6. The Morgan fingerprint density at radius 2 is 1.55 bits per heavy atom. The van der Waals surface area contributed by atoms with Crippen LogP contribution in [0.2, 0.25) is 5.02 Å². The van der Waals surface area contributed by atoms with Crippen molar-refractivity contribution in [3.05, 3.63) is 71.8 Å². The van der Waals surface area contributed by atoms with Crippen molar-refractivity contribution in [1.29, 1.82) is 0 Å². The molecule has 170 valence electrons. The van der Waals surface area contributed by atoms with E-state index in [1.807, 2.05) is 36.4 Å². The molecule has 33 heavy (non-hydrogen) atoms. The largest absolute Gasteiger partial charge is 0.322 e. The molecule has 2 aliphatic heterocycles. The number of nitrogens with zero attached hydrogens (tertiary/aromatic N) is 2. The highest BCUT2D eigenvalue weighted by molar-refractivity contribution is 7.89. The molecule has 5 rings (SSSR count). The molecule has 0 bridgehead atoms. The molecule has 1 atom stereocenters. The van der Waals surface area contributed by atoms with Gasteiger partial charge in [0.2, 0.25) is 15.9 Å². The van der Waals surface area contributed by atoms with E-state index in [9.17, 15) is 18.0 Å². The highest BCUT2D eigenvalue weighted by Gasteiger charge is 2.47. The van der Waals surface area contributed by atoms with E-state index in [1.165, 1.54) is 21.3 Å². The quantitative estimate of drug-likeness (QED) is 0.572. The lowest BCUT2D eigenvalue weighted by molar-refractivity contribution is -0.918. The fourth-order valence-electron chi connectivity index (χ4n) is 4.66. The average molecular weight is 485 g/mol. The minimum atomic E-state index is -3.63. The number of benzene rings is 3. The SMILES string of the molecule is O=C1C[C@H]([NH+]2CCN(S(=O)(=O)c3ccc(Cl)cc3)CC2)C(=O)N1c1ccc2ccccc2c1. The van der Waals surface area contributed by atoms with Crippen LogP contribution >= 0.6 is 11.6 Å². The molecule has 0 unspecified atom stereocenters. The number of carbonyl (C=O) groups is 2. The van der Waals surface area contributed by atoms with E-state index in [2.05, 4.69) is 0 Å². The lowest BCUT2D eigenvalue weighted by atomic mass is 10.1. The van der Waals surface area contributed by atoms with Gasteiger partial charge in [-0.1, -0.05) is 41.9 Å². The van der Waals surface area contributed by atoms with E-state index < -0.39 is 16.1 Å². The van der Waals surface area contributed by atoms with E-state index in [-0.39, 0.29) is 36.2 Å². The molecule has 2 aliphatic rings. The highest BCUT2D eigenvalue weighted by Crippen LogP contribution is 2.26. The van der Waals surface area contributed by atoms with Crippen LogP contribution < -0.4 is 9.80 Å². The average Bonchev–Trinajstić information content (AvgIpc) is 3.13. The van der Waals surface area contributed by atoms with Gasteiger partial charge in [0.05, 0.1) is 43.2 Å². The van der Waals surface area contributed by atoms with Crippen molar-refractivity contribution in [3.8, 4) is 0 Å². The molecule has 0 saturated carbocycles. The predicted octanol–water partition coefficient (Wildman–Crippen LogP) is 1.71. The molecule has 0 radical (unpaired) electrons. The van der Waals surface area contributed by atoms with Gasteiger partial charge in [-0.25, -0.2) is 13.3 Å². The number of quaternary nitrogens is 1. The molecule has 3 aromatic rings. The minimum absolute atomic E-state index is 0.130. The normalized spacial score (nSPS) is 20.6. The van der Waals surface area contributed by atoms with Gasteiger partial charge in [0, 0.05) is 5.02 Å². The van der Waals surface area contributed by atoms with Crippen LogP contribution in [-0.4, -0.2) is 56.8 Å². The summed E-state index contributed by atoms with van der Waals surface area (Å²) in [5, 5.41) is 2.48. The summed E-state index contributed by atoms with van der Waals surface area (Å²) < 4.78 is 27.3. The predicted molar refractivity (Wildman–Crippen MR) is 126 cm³/mol. The summed E-state index contributed by atoms with van der Waals surface area (Å²) in [6, 6.07) is 19.0. The Morgan fingerprint density at radius 3 is 2.24 bits per heavy atom. The number of carbonyl (C=O) groups excluding carboxylic acids is 2. The first kappa shape index (κ1) is 22.0. The second-order valence-electron chi connectivity index (χ2n) is 8.37. The van der Waals surface area contributed by atoms with Crippen LogP contribution in [0.15, 0.2) is 71.6 Å². The van der Waals surface area contributed by atoms with Crippen LogP contribution in [-0.2, 0) is 19.6 Å². The Balaban J connectivity index is 1.29. The maximum absolute atomic E-state index is 13.2. The molecule has 1 N–H and O–H groups in total. The summed E-state index contributed by atoms with van der Waals surface area (Å²) in [6.07, 6.45) is 0.130. The second kappa shape index (κ2) is 8.53. The molecular formula is C24H23ClN3O4S+. The Hall–Kier alpha value is -2.78. The third-order valence-electron chi connectivity index (χ3n) is 6.45. The zero-order chi connectivity index (χ0) is 23.2. The minimum Gasteiger partial charge on any atom is -0.322 e. The number of halogens is 1. The van der Waals surface area contributed by atoms with E-state index in [0.29, 0.717) is 23.8 Å². The zero-order valence-electron chi connectivity index (χ0n) is 17.8. The number of sulfonamides is 1. The van der Waals surface area contributed by atoms with Gasteiger partial charge in [-0.3, -0.25) is 9.59 Å². The van der Waals surface area contributed by atoms with Gasteiger partial charge in [-0.05, 0) is 47.2 Å². The summed E-state index contributed by atoms with van der Waals surface area (Å²) in [4.78, 5) is 28.4. The van der Waals surface area contributed by atoms with Crippen molar-refractivity contribution < 1.29 is 22.9 Å². The van der Waals surface area contributed by atoms with E-state index >= 15 is 0 Å². The Kier molecular flexibility index (Phi) is 5.70. The molecule has 0 spiro atoms. The van der Waals surface area contributed by atoms with E-state index in [4.69, 9.17) is 11.6 Å². The summed E-state index contributed by atoms with van der Waals surface area (Å²) in [5.74, 6) is -0.441. The fraction of sp³-hybridized carbons (Fsp3) is 0.250. The number of hydrogen-bond donors (Lipinski definition) is 1. The molecule has 3 aromatic carbocycles. The van der Waals surface area contributed by atoms with Crippen LogP contribution in [0.4, 0.5) is 5.69 Å². The van der Waals surface area contributed by atoms with Gasteiger partial charge in [0.15, 0.2) is 6.04 Å². The first-order chi connectivity index (χ1) is 15.8. The number of piperazine rings is 1. The molecular weight excluding hydrogens is 462 g/mol.